The Bertz CT molecular complexity index is 497. The summed E-state index contributed by atoms with van der Waals surface area (Å²) in [5.41, 5.74) is 2.48. The van der Waals surface area contributed by atoms with Gasteiger partial charge in [0.2, 0.25) is 0 Å². The van der Waals surface area contributed by atoms with Crippen molar-refractivity contribution >= 4 is 33.6 Å². The molecule has 0 atom stereocenters. The molecule has 0 aliphatic rings. The summed E-state index contributed by atoms with van der Waals surface area (Å²) >= 11 is 9.25. The van der Waals surface area contributed by atoms with E-state index in [0.29, 0.717) is 0 Å². The predicted molar refractivity (Wildman–Crippen MR) is 78.3 cm³/mol. The third-order valence-corrected chi connectivity index (χ3v) is 3.23. The summed E-state index contributed by atoms with van der Waals surface area (Å²) in [6.45, 7) is 0. The Morgan fingerprint density at radius 2 is 1.59 bits per heavy atom. The molecule has 0 aromatic heterocycles. The van der Waals surface area contributed by atoms with E-state index in [9.17, 15) is 0 Å². The lowest BCUT2D eigenvalue weighted by molar-refractivity contribution is 1.28. The van der Waals surface area contributed by atoms with E-state index >= 15 is 0 Å². The fourth-order valence-electron chi connectivity index (χ4n) is 1.53. The molecule has 2 heteroatoms. The number of hydrogen-bond acceptors (Lipinski definition) is 0. The van der Waals surface area contributed by atoms with E-state index in [1.54, 1.807) is 0 Å². The average Bonchev–Trinajstić information content (AvgIpc) is 2.34. The SMILES string of the molecule is Clc1ccc(C/C=C/c2ccc(Br)cc2)cc1. The van der Waals surface area contributed by atoms with Gasteiger partial charge >= 0.3 is 0 Å². The van der Waals surface area contributed by atoms with Gasteiger partial charge in [-0.2, -0.15) is 0 Å². The molecule has 2 aromatic carbocycles. The van der Waals surface area contributed by atoms with Crippen LogP contribution in [0.15, 0.2) is 59.1 Å². The molecule has 0 radical (unpaired) electrons. The van der Waals surface area contributed by atoms with Crippen molar-refractivity contribution in [1.82, 2.24) is 0 Å². The zero-order chi connectivity index (χ0) is 12.1. The number of hydrogen-bond donors (Lipinski definition) is 0. The van der Waals surface area contributed by atoms with E-state index in [1.807, 2.05) is 36.4 Å². The molecule has 0 fully saturated rings. The van der Waals surface area contributed by atoms with E-state index in [2.05, 4.69) is 40.2 Å². The molecule has 0 N–H and O–H groups in total. The molecule has 0 saturated heterocycles. The summed E-state index contributed by atoms with van der Waals surface area (Å²) in [5, 5.41) is 0.783. The van der Waals surface area contributed by atoms with Crippen molar-refractivity contribution in [3.63, 3.8) is 0 Å². The molecular weight excluding hydrogens is 296 g/mol. The van der Waals surface area contributed by atoms with Gasteiger partial charge < -0.3 is 0 Å². The minimum Gasteiger partial charge on any atom is -0.0843 e. The highest BCUT2D eigenvalue weighted by atomic mass is 79.9. The van der Waals surface area contributed by atoms with E-state index in [4.69, 9.17) is 11.6 Å². The second-order valence-corrected chi connectivity index (χ2v) is 5.14. The summed E-state index contributed by atoms with van der Waals surface area (Å²) in [6, 6.07) is 16.2. The van der Waals surface area contributed by atoms with Gasteiger partial charge in [-0.15, -0.1) is 0 Å². The number of rotatable bonds is 3. The second-order valence-electron chi connectivity index (χ2n) is 3.78. The van der Waals surface area contributed by atoms with E-state index < -0.39 is 0 Å². The minimum absolute atomic E-state index is 0.783. The first-order valence-electron chi connectivity index (χ1n) is 5.40. The lowest BCUT2D eigenvalue weighted by atomic mass is 10.1. The van der Waals surface area contributed by atoms with Crippen LogP contribution in [0.4, 0.5) is 0 Å². The van der Waals surface area contributed by atoms with Gasteiger partial charge in [0.05, 0.1) is 0 Å². The largest absolute Gasteiger partial charge is 0.0843 e. The maximum absolute atomic E-state index is 5.83. The Labute approximate surface area is 115 Å². The van der Waals surface area contributed by atoms with Crippen LogP contribution in [0.3, 0.4) is 0 Å². The first-order chi connectivity index (χ1) is 8.24. The zero-order valence-electron chi connectivity index (χ0n) is 9.24. The van der Waals surface area contributed by atoms with Crippen LogP contribution in [0.5, 0.6) is 0 Å². The number of allylic oxidation sites excluding steroid dienone is 1. The Morgan fingerprint density at radius 3 is 2.24 bits per heavy atom. The average molecular weight is 308 g/mol. The Kier molecular flexibility index (Phi) is 4.41. The summed E-state index contributed by atoms with van der Waals surface area (Å²) in [6.07, 6.45) is 5.21. The van der Waals surface area contributed by atoms with Crippen LogP contribution < -0.4 is 0 Å². The number of halogens is 2. The number of benzene rings is 2. The highest BCUT2D eigenvalue weighted by Crippen LogP contribution is 2.13. The molecule has 0 aliphatic heterocycles. The van der Waals surface area contributed by atoms with Crippen LogP contribution in [0.1, 0.15) is 11.1 Å². The monoisotopic (exact) mass is 306 g/mol. The van der Waals surface area contributed by atoms with Crippen molar-refractivity contribution in [2.75, 3.05) is 0 Å². The molecule has 0 unspecified atom stereocenters. The van der Waals surface area contributed by atoms with Crippen LogP contribution in [0.25, 0.3) is 6.08 Å². The van der Waals surface area contributed by atoms with Gasteiger partial charge in [-0.05, 0) is 41.8 Å². The molecule has 17 heavy (non-hydrogen) atoms. The highest BCUT2D eigenvalue weighted by Gasteiger charge is 1.91. The van der Waals surface area contributed by atoms with Crippen LogP contribution in [-0.4, -0.2) is 0 Å². The summed E-state index contributed by atoms with van der Waals surface area (Å²) in [5.74, 6) is 0. The molecule has 0 nitrogen and oxygen atoms in total. The van der Waals surface area contributed by atoms with Crippen LogP contribution in [0, 0.1) is 0 Å². The van der Waals surface area contributed by atoms with Gasteiger partial charge in [-0.25, -0.2) is 0 Å². The van der Waals surface area contributed by atoms with Gasteiger partial charge in [0.1, 0.15) is 0 Å². The van der Waals surface area contributed by atoms with Crippen molar-refractivity contribution in [1.29, 1.82) is 0 Å². The third-order valence-electron chi connectivity index (χ3n) is 2.45. The van der Waals surface area contributed by atoms with Gasteiger partial charge in [0.15, 0.2) is 0 Å². The molecule has 0 aliphatic carbocycles. The van der Waals surface area contributed by atoms with Crippen LogP contribution in [0.2, 0.25) is 5.02 Å². The normalized spacial score (nSPS) is 10.9. The molecule has 2 aromatic rings. The van der Waals surface area contributed by atoms with E-state index in [1.165, 1.54) is 11.1 Å². The molecule has 0 saturated carbocycles. The van der Waals surface area contributed by atoms with E-state index in [0.717, 1.165) is 15.9 Å². The van der Waals surface area contributed by atoms with Gasteiger partial charge in [-0.1, -0.05) is 63.9 Å². The lowest BCUT2D eigenvalue weighted by Gasteiger charge is -1.97. The first-order valence-corrected chi connectivity index (χ1v) is 6.58. The fourth-order valence-corrected chi connectivity index (χ4v) is 1.92. The molecule has 86 valence electrons. The maximum Gasteiger partial charge on any atom is 0.0406 e. The molecular formula is C15H12BrCl. The lowest BCUT2D eigenvalue weighted by Crippen LogP contribution is -1.79. The smallest absolute Gasteiger partial charge is 0.0406 e. The van der Waals surface area contributed by atoms with Gasteiger partial charge in [0.25, 0.3) is 0 Å². The minimum atomic E-state index is 0.783. The molecule has 0 amide bonds. The summed E-state index contributed by atoms with van der Waals surface area (Å²) < 4.78 is 1.10. The fraction of sp³-hybridized carbons (Fsp3) is 0.0667. The molecule has 0 heterocycles. The second kappa shape index (κ2) is 6.04. The zero-order valence-corrected chi connectivity index (χ0v) is 11.6. The van der Waals surface area contributed by atoms with Crippen molar-refractivity contribution in [3.8, 4) is 0 Å². The van der Waals surface area contributed by atoms with Gasteiger partial charge in [0, 0.05) is 9.50 Å². The predicted octanol–water partition coefficient (Wildman–Crippen LogP) is 5.36. The molecule has 2 rings (SSSR count). The molecule has 0 bridgehead atoms. The standard InChI is InChI=1S/C15H12BrCl/c16-14-8-4-12(5-9-14)2-1-3-13-6-10-15(17)11-7-13/h1-2,4-11H,3H2/b2-1+. The Hall–Kier alpha value is -1.05. The summed E-state index contributed by atoms with van der Waals surface area (Å²) in [7, 11) is 0. The van der Waals surface area contributed by atoms with Gasteiger partial charge in [-0.3, -0.25) is 0 Å². The van der Waals surface area contributed by atoms with E-state index in [-0.39, 0.29) is 0 Å². The highest BCUT2D eigenvalue weighted by molar-refractivity contribution is 9.10. The third kappa shape index (κ3) is 4.03. The van der Waals surface area contributed by atoms with Crippen LogP contribution >= 0.6 is 27.5 Å². The quantitative estimate of drug-likeness (QED) is 0.716. The first kappa shape index (κ1) is 12.4. The Morgan fingerprint density at radius 1 is 0.941 bits per heavy atom. The summed E-state index contributed by atoms with van der Waals surface area (Å²) in [4.78, 5) is 0. The van der Waals surface area contributed by atoms with Crippen molar-refractivity contribution in [2.24, 2.45) is 0 Å². The maximum atomic E-state index is 5.83. The van der Waals surface area contributed by atoms with Crippen molar-refractivity contribution in [2.45, 2.75) is 6.42 Å². The molecule has 0 spiro atoms. The topological polar surface area (TPSA) is 0 Å². The Balaban J connectivity index is 1.97. The van der Waals surface area contributed by atoms with Crippen LogP contribution in [-0.2, 0) is 6.42 Å². The van der Waals surface area contributed by atoms with Crippen molar-refractivity contribution in [3.05, 3.63) is 75.2 Å². The van der Waals surface area contributed by atoms with Crippen molar-refractivity contribution < 1.29 is 0 Å².